The van der Waals surface area contributed by atoms with Crippen molar-refractivity contribution in [1.29, 1.82) is 0 Å². The summed E-state index contributed by atoms with van der Waals surface area (Å²) >= 11 is 0. The largest absolute Gasteiger partial charge is 0.465 e. The molecule has 0 aromatic heterocycles. The fourth-order valence-electron chi connectivity index (χ4n) is 1.25. The van der Waals surface area contributed by atoms with Gasteiger partial charge in [0.2, 0.25) is 0 Å². The highest BCUT2D eigenvalue weighted by atomic mass is 16.5. The highest BCUT2D eigenvalue weighted by molar-refractivity contribution is 5.93. The van der Waals surface area contributed by atoms with E-state index in [0.717, 1.165) is 17.7 Å². The van der Waals surface area contributed by atoms with Crippen LogP contribution in [-0.2, 0) is 9.53 Å². The second-order valence-electron chi connectivity index (χ2n) is 3.04. The molecular formula is C11H19NO2. The van der Waals surface area contributed by atoms with Gasteiger partial charge >= 0.3 is 5.97 Å². The van der Waals surface area contributed by atoms with Crippen LogP contribution in [0.5, 0.6) is 0 Å². The van der Waals surface area contributed by atoms with Crippen molar-refractivity contribution in [2.24, 2.45) is 0 Å². The summed E-state index contributed by atoms with van der Waals surface area (Å²) in [5, 5.41) is 2.96. The molecule has 0 aliphatic rings. The molecule has 14 heavy (non-hydrogen) atoms. The van der Waals surface area contributed by atoms with Gasteiger partial charge in [-0.15, -0.1) is 0 Å². The van der Waals surface area contributed by atoms with Crippen LogP contribution in [0.25, 0.3) is 0 Å². The number of carbonyl (C=O) groups is 1. The van der Waals surface area contributed by atoms with Gasteiger partial charge < -0.3 is 10.1 Å². The molecule has 0 fully saturated rings. The maximum Gasteiger partial charge on any atom is 0.339 e. The maximum absolute atomic E-state index is 11.5. The summed E-state index contributed by atoms with van der Waals surface area (Å²) in [4.78, 5) is 11.5. The molecule has 0 spiro atoms. The Labute approximate surface area is 85.8 Å². The lowest BCUT2D eigenvalue weighted by molar-refractivity contribution is -0.135. The Hall–Kier alpha value is -1.25. The number of hydrogen-bond donors (Lipinski definition) is 1. The van der Waals surface area contributed by atoms with E-state index >= 15 is 0 Å². The van der Waals surface area contributed by atoms with E-state index < -0.39 is 0 Å². The number of allylic oxidation sites excluding steroid dienone is 2. The summed E-state index contributed by atoms with van der Waals surface area (Å²) in [5.41, 5.74) is 2.40. The number of carbonyl (C=O) groups excluding carboxylic acids is 1. The number of methoxy groups -OCH3 is 1. The normalized spacial score (nSPS) is 13.4. The first-order chi connectivity index (χ1) is 6.58. The molecule has 0 amide bonds. The van der Waals surface area contributed by atoms with Crippen LogP contribution in [0, 0.1) is 0 Å². The Morgan fingerprint density at radius 3 is 2.36 bits per heavy atom. The van der Waals surface area contributed by atoms with E-state index in [1.165, 1.54) is 7.11 Å². The molecule has 0 aliphatic carbocycles. The lowest BCUT2D eigenvalue weighted by Crippen LogP contribution is -2.14. The summed E-state index contributed by atoms with van der Waals surface area (Å²) in [6.45, 7) is 5.81. The van der Waals surface area contributed by atoms with Crippen LogP contribution in [-0.4, -0.2) is 20.1 Å². The number of rotatable bonds is 4. The second kappa shape index (κ2) is 6.24. The molecule has 0 saturated heterocycles. The van der Waals surface area contributed by atoms with Crippen molar-refractivity contribution in [2.45, 2.75) is 27.2 Å². The molecule has 80 valence electrons. The first-order valence-corrected chi connectivity index (χ1v) is 4.72. The van der Waals surface area contributed by atoms with Crippen molar-refractivity contribution in [2.75, 3.05) is 14.2 Å². The zero-order valence-corrected chi connectivity index (χ0v) is 9.60. The molecule has 0 aromatic carbocycles. The lowest BCUT2D eigenvalue weighted by Gasteiger charge is -2.10. The third-order valence-electron chi connectivity index (χ3n) is 2.04. The van der Waals surface area contributed by atoms with Crippen LogP contribution in [0.2, 0.25) is 0 Å². The lowest BCUT2D eigenvalue weighted by atomic mass is 10.0. The third-order valence-corrected chi connectivity index (χ3v) is 2.04. The molecule has 0 bridgehead atoms. The first kappa shape index (κ1) is 12.8. The fourth-order valence-corrected chi connectivity index (χ4v) is 1.25. The zero-order chi connectivity index (χ0) is 11.1. The maximum atomic E-state index is 11.5. The predicted molar refractivity (Wildman–Crippen MR) is 57.8 cm³/mol. The molecular weight excluding hydrogens is 178 g/mol. The summed E-state index contributed by atoms with van der Waals surface area (Å²) in [7, 11) is 3.18. The van der Waals surface area contributed by atoms with E-state index in [-0.39, 0.29) is 5.97 Å². The van der Waals surface area contributed by atoms with Gasteiger partial charge in [0, 0.05) is 12.7 Å². The van der Waals surface area contributed by atoms with Crippen LogP contribution in [0.15, 0.2) is 22.9 Å². The average Bonchev–Trinajstić information content (AvgIpc) is 2.17. The minimum absolute atomic E-state index is 0.293. The van der Waals surface area contributed by atoms with Gasteiger partial charge in [0.05, 0.1) is 12.7 Å². The van der Waals surface area contributed by atoms with Gasteiger partial charge in [-0.2, -0.15) is 0 Å². The minimum Gasteiger partial charge on any atom is -0.465 e. The van der Waals surface area contributed by atoms with Crippen LogP contribution >= 0.6 is 0 Å². The highest BCUT2D eigenvalue weighted by Crippen LogP contribution is 2.15. The van der Waals surface area contributed by atoms with Crippen LogP contribution in [0.4, 0.5) is 0 Å². The van der Waals surface area contributed by atoms with Crippen molar-refractivity contribution < 1.29 is 9.53 Å². The minimum atomic E-state index is -0.293. The Kier molecular flexibility index (Phi) is 5.68. The molecule has 0 rings (SSSR count). The monoisotopic (exact) mass is 197 g/mol. The van der Waals surface area contributed by atoms with E-state index in [9.17, 15) is 4.79 Å². The van der Waals surface area contributed by atoms with Crippen LogP contribution in [0.3, 0.4) is 0 Å². The van der Waals surface area contributed by atoms with Gasteiger partial charge in [0.25, 0.3) is 0 Å². The van der Waals surface area contributed by atoms with E-state index in [2.05, 4.69) is 5.32 Å². The van der Waals surface area contributed by atoms with Gasteiger partial charge in [0.1, 0.15) is 0 Å². The Morgan fingerprint density at radius 1 is 1.43 bits per heavy atom. The quantitative estimate of drug-likeness (QED) is 0.425. The van der Waals surface area contributed by atoms with Gasteiger partial charge in [0.15, 0.2) is 0 Å². The Bertz CT molecular complexity index is 264. The molecule has 3 nitrogen and oxygen atoms in total. The number of hydrogen-bond acceptors (Lipinski definition) is 3. The molecule has 0 radical (unpaired) electrons. The second-order valence-corrected chi connectivity index (χ2v) is 3.04. The summed E-state index contributed by atoms with van der Waals surface area (Å²) in [5.74, 6) is -0.293. The SMILES string of the molecule is CC/C=C(C)\C(C(=O)OC)=C(\C)NC. The van der Waals surface area contributed by atoms with Crippen LogP contribution < -0.4 is 5.32 Å². The van der Waals surface area contributed by atoms with Crippen molar-refractivity contribution in [1.82, 2.24) is 5.32 Å². The van der Waals surface area contributed by atoms with Gasteiger partial charge in [-0.25, -0.2) is 4.79 Å². The van der Waals surface area contributed by atoms with Crippen molar-refractivity contribution in [3.63, 3.8) is 0 Å². The summed E-state index contributed by atoms with van der Waals surface area (Å²) in [6.07, 6.45) is 2.91. The molecule has 0 saturated carbocycles. The van der Waals surface area contributed by atoms with Crippen molar-refractivity contribution >= 4 is 5.97 Å². The number of esters is 1. The topological polar surface area (TPSA) is 38.3 Å². The van der Waals surface area contributed by atoms with E-state index in [1.54, 1.807) is 7.05 Å². The Balaban J connectivity index is 5.12. The van der Waals surface area contributed by atoms with Crippen molar-refractivity contribution in [3.8, 4) is 0 Å². The number of ether oxygens (including phenoxy) is 1. The molecule has 0 unspecified atom stereocenters. The van der Waals surface area contributed by atoms with Gasteiger partial charge in [-0.1, -0.05) is 13.0 Å². The number of nitrogens with one attached hydrogen (secondary N) is 1. The fraction of sp³-hybridized carbons (Fsp3) is 0.545. The first-order valence-electron chi connectivity index (χ1n) is 4.72. The molecule has 0 aliphatic heterocycles. The predicted octanol–water partition coefficient (Wildman–Crippen LogP) is 2.01. The standard InChI is InChI=1S/C11H19NO2/c1-6-7-8(2)10(9(3)12-4)11(13)14-5/h7,12H,6H2,1-5H3/b8-7-,10-9+. The Morgan fingerprint density at radius 2 is 2.00 bits per heavy atom. The third kappa shape index (κ3) is 3.24. The molecule has 1 N–H and O–H groups in total. The molecule has 3 heteroatoms. The molecule has 0 aromatic rings. The summed E-state index contributed by atoms with van der Waals surface area (Å²) in [6, 6.07) is 0. The average molecular weight is 197 g/mol. The zero-order valence-electron chi connectivity index (χ0n) is 9.60. The van der Waals surface area contributed by atoms with E-state index in [0.29, 0.717) is 5.57 Å². The van der Waals surface area contributed by atoms with E-state index in [1.807, 2.05) is 26.8 Å². The van der Waals surface area contributed by atoms with Gasteiger partial charge in [-0.3, -0.25) is 0 Å². The van der Waals surface area contributed by atoms with Gasteiger partial charge in [-0.05, 0) is 25.8 Å². The van der Waals surface area contributed by atoms with Crippen LogP contribution in [0.1, 0.15) is 27.2 Å². The van der Waals surface area contributed by atoms with E-state index in [4.69, 9.17) is 4.74 Å². The molecule has 0 heterocycles. The smallest absolute Gasteiger partial charge is 0.339 e. The molecule has 0 atom stereocenters. The van der Waals surface area contributed by atoms with Crippen molar-refractivity contribution in [3.05, 3.63) is 22.9 Å². The highest BCUT2D eigenvalue weighted by Gasteiger charge is 2.14. The summed E-state index contributed by atoms with van der Waals surface area (Å²) < 4.78 is 4.73.